The summed E-state index contributed by atoms with van der Waals surface area (Å²) in [5.74, 6) is -0.831. The Kier molecular flexibility index (Phi) is 6.83. The molecule has 2 N–H and O–H groups in total. The fourth-order valence-corrected chi connectivity index (χ4v) is 4.90. The zero-order chi connectivity index (χ0) is 24.5. The predicted molar refractivity (Wildman–Crippen MR) is 131 cm³/mol. The molecular formula is C27H31ClN2O4. The quantitative estimate of drug-likeness (QED) is 0.652. The van der Waals surface area contributed by atoms with Gasteiger partial charge in [-0.05, 0) is 60.1 Å². The van der Waals surface area contributed by atoms with E-state index in [9.17, 15) is 14.4 Å². The van der Waals surface area contributed by atoms with E-state index in [0.29, 0.717) is 17.0 Å². The van der Waals surface area contributed by atoms with Crippen LogP contribution in [0.5, 0.6) is 0 Å². The second-order valence-corrected chi connectivity index (χ2v) is 10.7. The van der Waals surface area contributed by atoms with Crippen LogP contribution >= 0.6 is 11.6 Å². The Morgan fingerprint density at radius 1 is 1.12 bits per heavy atom. The van der Waals surface area contributed by atoms with Crippen LogP contribution in [0.1, 0.15) is 61.5 Å². The van der Waals surface area contributed by atoms with Crippen LogP contribution in [0.3, 0.4) is 0 Å². The number of amides is 2. The lowest BCUT2D eigenvalue weighted by atomic mass is 9.86. The van der Waals surface area contributed by atoms with Crippen LogP contribution in [0.2, 0.25) is 5.02 Å². The highest BCUT2D eigenvalue weighted by Crippen LogP contribution is 2.38. The molecular weight excluding hydrogens is 452 g/mol. The van der Waals surface area contributed by atoms with Crippen LogP contribution in [0.4, 0.5) is 0 Å². The van der Waals surface area contributed by atoms with Crippen LogP contribution in [-0.2, 0) is 26.2 Å². The Morgan fingerprint density at radius 2 is 1.79 bits per heavy atom. The molecule has 1 aliphatic carbocycles. The molecule has 4 rings (SSSR count). The molecule has 0 bridgehead atoms. The molecule has 0 aromatic heterocycles. The fourth-order valence-electron chi connectivity index (χ4n) is 4.77. The number of benzene rings is 2. The molecule has 0 spiro atoms. The summed E-state index contributed by atoms with van der Waals surface area (Å²) in [4.78, 5) is 39.2. The van der Waals surface area contributed by atoms with E-state index in [4.69, 9.17) is 16.3 Å². The molecule has 2 aromatic carbocycles. The molecule has 3 unspecified atom stereocenters. The van der Waals surface area contributed by atoms with Gasteiger partial charge in [-0.25, -0.2) is 0 Å². The average molecular weight is 483 g/mol. The van der Waals surface area contributed by atoms with Crippen molar-refractivity contribution < 1.29 is 19.1 Å². The van der Waals surface area contributed by atoms with Gasteiger partial charge < -0.3 is 15.4 Å². The lowest BCUT2D eigenvalue weighted by Crippen LogP contribution is -2.60. The Hall–Kier alpha value is -2.70. The summed E-state index contributed by atoms with van der Waals surface area (Å²) in [5, 5.41) is 6.44. The smallest absolute Gasteiger partial charge is 0.251 e. The van der Waals surface area contributed by atoms with Crippen molar-refractivity contribution in [2.24, 2.45) is 0 Å². The summed E-state index contributed by atoms with van der Waals surface area (Å²) >= 11 is 6.01. The highest BCUT2D eigenvalue weighted by atomic mass is 35.5. The monoisotopic (exact) mass is 482 g/mol. The van der Waals surface area contributed by atoms with E-state index >= 15 is 0 Å². The van der Waals surface area contributed by atoms with Crippen molar-refractivity contribution in [1.82, 2.24) is 10.6 Å². The van der Waals surface area contributed by atoms with Crippen molar-refractivity contribution in [2.75, 3.05) is 6.61 Å². The molecule has 1 saturated heterocycles. The molecule has 2 aromatic rings. The molecule has 7 heteroatoms. The van der Waals surface area contributed by atoms with Gasteiger partial charge in [0.15, 0.2) is 5.78 Å². The third kappa shape index (κ3) is 5.03. The van der Waals surface area contributed by atoms with Crippen molar-refractivity contribution in [2.45, 2.75) is 69.6 Å². The van der Waals surface area contributed by atoms with Gasteiger partial charge in [-0.2, -0.15) is 0 Å². The van der Waals surface area contributed by atoms with Gasteiger partial charge >= 0.3 is 0 Å². The molecule has 180 valence electrons. The van der Waals surface area contributed by atoms with Crippen LogP contribution in [0, 0.1) is 0 Å². The third-order valence-electron chi connectivity index (χ3n) is 6.83. The number of ketones is 1. The normalized spacial score (nSPS) is 22.8. The number of Topliss-reactive ketones (excluding diaryl/α,β-unsaturated/α-hetero) is 1. The van der Waals surface area contributed by atoms with Crippen molar-refractivity contribution in [3.8, 4) is 0 Å². The van der Waals surface area contributed by atoms with E-state index < -0.39 is 11.6 Å². The lowest BCUT2D eigenvalue weighted by Gasteiger charge is -2.30. The van der Waals surface area contributed by atoms with Gasteiger partial charge in [-0.3, -0.25) is 14.4 Å². The van der Waals surface area contributed by atoms with Gasteiger partial charge in [0.25, 0.3) is 5.91 Å². The Balaban J connectivity index is 1.55. The van der Waals surface area contributed by atoms with E-state index in [2.05, 4.69) is 31.4 Å². The number of ether oxygens (including phenoxy) is 1. The maximum absolute atomic E-state index is 13.4. The second-order valence-electron chi connectivity index (χ2n) is 10.3. The number of hydrogen-bond donors (Lipinski definition) is 2. The lowest BCUT2D eigenvalue weighted by molar-refractivity contribution is -0.131. The van der Waals surface area contributed by atoms with Crippen LogP contribution in [0.15, 0.2) is 48.5 Å². The average Bonchev–Trinajstić information content (AvgIpc) is 3.33. The van der Waals surface area contributed by atoms with Gasteiger partial charge in [0.2, 0.25) is 5.91 Å². The van der Waals surface area contributed by atoms with Crippen molar-refractivity contribution in [3.63, 3.8) is 0 Å². The minimum atomic E-state index is -0.992. The summed E-state index contributed by atoms with van der Waals surface area (Å²) in [5.41, 5.74) is 1.42. The van der Waals surface area contributed by atoms with Gasteiger partial charge in [0, 0.05) is 17.0 Å². The Morgan fingerprint density at radius 3 is 2.44 bits per heavy atom. The van der Waals surface area contributed by atoms with Crippen molar-refractivity contribution in [1.29, 1.82) is 0 Å². The molecule has 1 heterocycles. The van der Waals surface area contributed by atoms with Gasteiger partial charge in [-0.1, -0.05) is 56.6 Å². The van der Waals surface area contributed by atoms with E-state index in [1.165, 1.54) is 0 Å². The van der Waals surface area contributed by atoms with Crippen LogP contribution in [-0.4, -0.2) is 41.9 Å². The third-order valence-corrected chi connectivity index (χ3v) is 7.09. The number of fused-ring (bicyclic) bond motifs is 1. The van der Waals surface area contributed by atoms with Crippen molar-refractivity contribution in [3.05, 3.63) is 70.2 Å². The number of nitrogens with one attached hydrogen (secondary N) is 2. The summed E-state index contributed by atoms with van der Waals surface area (Å²) in [6, 6.07) is 13.7. The standard InChI is InChI=1S/C27H31ClN2O4/c1-26(2,3)19-10-8-18(9-11-19)24(32)29-21(15-17-6-12-20(28)13-7-17)25(33)30-27-14-4-5-23(27)34-16-22(27)31/h6-13,21,23H,4-5,14-16H2,1-3H3,(H,29,32)(H,30,33). The van der Waals surface area contributed by atoms with Crippen LogP contribution in [0.25, 0.3) is 0 Å². The first-order valence-electron chi connectivity index (χ1n) is 11.7. The predicted octanol–water partition coefficient (Wildman–Crippen LogP) is 3.99. The maximum Gasteiger partial charge on any atom is 0.251 e. The highest BCUT2D eigenvalue weighted by molar-refractivity contribution is 6.30. The first-order valence-corrected chi connectivity index (χ1v) is 12.1. The largest absolute Gasteiger partial charge is 0.367 e. The first kappa shape index (κ1) is 24.4. The second kappa shape index (κ2) is 9.51. The molecule has 3 atom stereocenters. The van der Waals surface area contributed by atoms with Crippen LogP contribution < -0.4 is 10.6 Å². The van der Waals surface area contributed by atoms with E-state index in [1.807, 2.05) is 24.3 Å². The molecule has 2 aliphatic rings. The number of halogens is 1. The number of rotatable bonds is 6. The minimum absolute atomic E-state index is 0.0132. The fraction of sp³-hybridized carbons (Fsp3) is 0.444. The number of carbonyl (C=O) groups excluding carboxylic acids is 3. The summed E-state index contributed by atoms with van der Waals surface area (Å²) in [7, 11) is 0. The Bertz CT molecular complexity index is 1080. The molecule has 0 radical (unpaired) electrons. The zero-order valence-electron chi connectivity index (χ0n) is 19.8. The highest BCUT2D eigenvalue weighted by Gasteiger charge is 2.55. The molecule has 1 aliphatic heterocycles. The van der Waals surface area contributed by atoms with Gasteiger partial charge in [0.1, 0.15) is 18.2 Å². The summed E-state index contributed by atoms with van der Waals surface area (Å²) in [6.45, 7) is 6.34. The topological polar surface area (TPSA) is 84.5 Å². The van der Waals surface area contributed by atoms with E-state index in [-0.39, 0.29) is 42.1 Å². The Labute approximate surface area is 205 Å². The SMILES string of the molecule is CC(C)(C)c1ccc(C(=O)NC(Cc2ccc(Cl)cc2)C(=O)NC23CCCC2OCC3=O)cc1. The maximum atomic E-state index is 13.4. The number of hydrogen-bond acceptors (Lipinski definition) is 4. The van der Waals surface area contributed by atoms with E-state index in [0.717, 1.165) is 24.0 Å². The summed E-state index contributed by atoms with van der Waals surface area (Å²) in [6.07, 6.45) is 2.06. The summed E-state index contributed by atoms with van der Waals surface area (Å²) < 4.78 is 5.63. The molecule has 2 amide bonds. The molecule has 2 fully saturated rings. The van der Waals surface area contributed by atoms with Gasteiger partial charge in [0.05, 0.1) is 6.10 Å². The molecule has 1 saturated carbocycles. The van der Waals surface area contributed by atoms with Gasteiger partial charge in [-0.15, -0.1) is 0 Å². The molecule has 34 heavy (non-hydrogen) atoms. The zero-order valence-corrected chi connectivity index (χ0v) is 20.6. The first-order chi connectivity index (χ1) is 16.1. The number of carbonyl (C=O) groups is 3. The molecule has 6 nitrogen and oxygen atoms in total. The van der Waals surface area contributed by atoms with E-state index in [1.54, 1.807) is 24.3 Å². The van der Waals surface area contributed by atoms with Crippen molar-refractivity contribution >= 4 is 29.2 Å². The minimum Gasteiger partial charge on any atom is -0.367 e.